The van der Waals surface area contributed by atoms with E-state index in [1.165, 1.54) is 6.07 Å². The van der Waals surface area contributed by atoms with Crippen LogP contribution in [0.1, 0.15) is 16.2 Å². The van der Waals surface area contributed by atoms with Crippen molar-refractivity contribution in [3.63, 3.8) is 0 Å². The molecule has 2 aromatic heterocycles. The van der Waals surface area contributed by atoms with Crippen molar-refractivity contribution in [2.45, 2.75) is 6.18 Å². The molecule has 0 saturated carbocycles. The average Bonchev–Trinajstić information content (AvgIpc) is 2.57. The Balaban J connectivity index is 2.60. The van der Waals surface area contributed by atoms with Gasteiger partial charge in [-0.05, 0) is 12.1 Å². The molecular weight excluding hydrogens is 209 g/mol. The summed E-state index contributed by atoms with van der Waals surface area (Å²) in [5.41, 5.74) is -0.500. The zero-order valence-corrected chi connectivity index (χ0v) is 7.30. The van der Waals surface area contributed by atoms with E-state index in [2.05, 4.69) is 9.97 Å². The second-order valence-electron chi connectivity index (χ2n) is 3.00. The van der Waals surface area contributed by atoms with Gasteiger partial charge in [0.1, 0.15) is 5.69 Å². The molecule has 3 nitrogen and oxygen atoms in total. The highest BCUT2D eigenvalue weighted by molar-refractivity contribution is 5.87. The molecule has 0 fully saturated rings. The van der Waals surface area contributed by atoms with E-state index in [0.717, 1.165) is 12.3 Å². The number of H-pyrrole nitrogens is 1. The number of hydrogen-bond acceptors (Lipinski definition) is 2. The summed E-state index contributed by atoms with van der Waals surface area (Å²) in [6.07, 6.45) is -2.85. The van der Waals surface area contributed by atoms with E-state index in [1.807, 2.05) is 0 Å². The van der Waals surface area contributed by atoms with E-state index in [9.17, 15) is 18.0 Å². The van der Waals surface area contributed by atoms with Crippen LogP contribution in [0.4, 0.5) is 13.2 Å². The summed E-state index contributed by atoms with van der Waals surface area (Å²) in [5.74, 6) is 0. The largest absolute Gasteiger partial charge is 0.433 e. The first-order valence-corrected chi connectivity index (χ1v) is 4.02. The van der Waals surface area contributed by atoms with Gasteiger partial charge in [-0.2, -0.15) is 13.2 Å². The number of nitrogens with one attached hydrogen (secondary N) is 1. The number of aromatic amines is 1. The third-order valence-corrected chi connectivity index (χ3v) is 1.94. The van der Waals surface area contributed by atoms with Crippen LogP contribution in [0, 0.1) is 0 Å². The van der Waals surface area contributed by atoms with Crippen LogP contribution in [-0.2, 0) is 6.18 Å². The lowest BCUT2D eigenvalue weighted by Gasteiger charge is -2.04. The lowest BCUT2D eigenvalue weighted by Crippen LogP contribution is -2.07. The van der Waals surface area contributed by atoms with Gasteiger partial charge in [0.05, 0.1) is 5.69 Å². The number of carbonyl (C=O) groups excluding carboxylic acids is 1. The molecule has 78 valence electrons. The number of rotatable bonds is 1. The Labute approximate surface area is 81.9 Å². The predicted molar refractivity (Wildman–Crippen MR) is 46.5 cm³/mol. The smallest absolute Gasteiger partial charge is 0.352 e. The van der Waals surface area contributed by atoms with Crippen LogP contribution >= 0.6 is 0 Å². The zero-order valence-electron chi connectivity index (χ0n) is 7.30. The zero-order chi connectivity index (χ0) is 11.1. The van der Waals surface area contributed by atoms with Crippen molar-refractivity contribution in [1.29, 1.82) is 0 Å². The standard InChI is InChI=1S/C9H5F3N2O/c10-9(11,12)8-2-7-5(3-13-8)1-6(4-15)14-7/h1-4,14H. The van der Waals surface area contributed by atoms with Gasteiger partial charge in [-0.3, -0.25) is 9.78 Å². The maximum absolute atomic E-state index is 12.3. The summed E-state index contributed by atoms with van der Waals surface area (Å²) in [5, 5.41) is 0.477. The minimum atomic E-state index is -4.47. The Hall–Kier alpha value is -1.85. The topological polar surface area (TPSA) is 45.8 Å². The Morgan fingerprint density at radius 1 is 1.33 bits per heavy atom. The van der Waals surface area contributed by atoms with Gasteiger partial charge in [-0.15, -0.1) is 0 Å². The highest BCUT2D eigenvalue weighted by atomic mass is 19.4. The number of aromatic nitrogens is 2. The van der Waals surface area contributed by atoms with Gasteiger partial charge in [0.15, 0.2) is 6.29 Å². The second kappa shape index (κ2) is 3.08. The van der Waals surface area contributed by atoms with E-state index >= 15 is 0 Å². The molecule has 0 saturated heterocycles. The van der Waals surface area contributed by atoms with Crippen molar-refractivity contribution >= 4 is 17.2 Å². The van der Waals surface area contributed by atoms with E-state index < -0.39 is 11.9 Å². The molecule has 0 amide bonds. The molecule has 0 atom stereocenters. The highest BCUT2D eigenvalue weighted by Crippen LogP contribution is 2.29. The third-order valence-electron chi connectivity index (χ3n) is 1.94. The normalized spacial score (nSPS) is 11.9. The number of fused-ring (bicyclic) bond motifs is 1. The fraction of sp³-hybridized carbons (Fsp3) is 0.111. The van der Waals surface area contributed by atoms with Gasteiger partial charge in [0.25, 0.3) is 0 Å². The number of hydrogen-bond donors (Lipinski definition) is 1. The Bertz CT molecular complexity index is 516. The van der Waals surface area contributed by atoms with Crippen molar-refractivity contribution in [2.75, 3.05) is 0 Å². The molecule has 2 rings (SSSR count). The second-order valence-corrected chi connectivity index (χ2v) is 3.00. The van der Waals surface area contributed by atoms with Gasteiger partial charge >= 0.3 is 6.18 Å². The number of halogens is 3. The van der Waals surface area contributed by atoms with Crippen LogP contribution in [-0.4, -0.2) is 16.3 Å². The van der Waals surface area contributed by atoms with Crippen LogP contribution < -0.4 is 0 Å². The predicted octanol–water partition coefficient (Wildman–Crippen LogP) is 2.39. The van der Waals surface area contributed by atoms with Crippen LogP contribution in [0.15, 0.2) is 18.3 Å². The molecular formula is C9H5F3N2O. The molecule has 2 heterocycles. The van der Waals surface area contributed by atoms with Crippen LogP contribution in [0.3, 0.4) is 0 Å². The lowest BCUT2D eigenvalue weighted by molar-refractivity contribution is -0.141. The molecule has 6 heteroatoms. The SMILES string of the molecule is O=Cc1cc2cnc(C(F)(F)F)cc2[nH]1. The molecule has 0 spiro atoms. The van der Waals surface area contributed by atoms with E-state index in [4.69, 9.17) is 0 Å². The maximum atomic E-state index is 12.3. The molecule has 0 unspecified atom stereocenters. The van der Waals surface area contributed by atoms with E-state index in [-0.39, 0.29) is 11.2 Å². The Morgan fingerprint density at radius 2 is 2.07 bits per heavy atom. The fourth-order valence-electron chi connectivity index (χ4n) is 1.27. The summed E-state index contributed by atoms with van der Waals surface area (Å²) in [6.45, 7) is 0. The van der Waals surface area contributed by atoms with Gasteiger partial charge in [-0.1, -0.05) is 0 Å². The van der Waals surface area contributed by atoms with Crippen LogP contribution in [0.25, 0.3) is 10.9 Å². The van der Waals surface area contributed by atoms with Crippen molar-refractivity contribution in [1.82, 2.24) is 9.97 Å². The fourth-order valence-corrected chi connectivity index (χ4v) is 1.27. The maximum Gasteiger partial charge on any atom is 0.433 e. The van der Waals surface area contributed by atoms with E-state index in [0.29, 0.717) is 11.7 Å². The summed E-state index contributed by atoms with van der Waals surface area (Å²) in [4.78, 5) is 16.2. The van der Waals surface area contributed by atoms with Gasteiger partial charge in [0.2, 0.25) is 0 Å². The molecule has 0 aliphatic carbocycles. The van der Waals surface area contributed by atoms with Gasteiger partial charge < -0.3 is 4.98 Å². The Kier molecular flexibility index (Phi) is 1.99. The minimum Gasteiger partial charge on any atom is -0.352 e. The third kappa shape index (κ3) is 1.70. The summed E-state index contributed by atoms with van der Waals surface area (Å²) in [7, 11) is 0. The lowest BCUT2D eigenvalue weighted by atomic mass is 10.3. The van der Waals surface area contributed by atoms with Crippen LogP contribution in [0.5, 0.6) is 0 Å². The van der Waals surface area contributed by atoms with Crippen molar-refractivity contribution in [2.24, 2.45) is 0 Å². The number of nitrogens with zero attached hydrogens (tertiary/aromatic N) is 1. The monoisotopic (exact) mass is 214 g/mol. The molecule has 1 N–H and O–H groups in total. The Morgan fingerprint density at radius 3 is 2.67 bits per heavy atom. The molecule has 0 aliphatic heterocycles. The molecule has 15 heavy (non-hydrogen) atoms. The summed E-state index contributed by atoms with van der Waals surface area (Å²) in [6, 6.07) is 2.32. The summed E-state index contributed by atoms with van der Waals surface area (Å²) >= 11 is 0. The van der Waals surface area contributed by atoms with Crippen LogP contribution in [0.2, 0.25) is 0 Å². The first kappa shape index (κ1) is 9.70. The minimum absolute atomic E-state index is 0.228. The molecule has 0 aliphatic rings. The molecule has 0 bridgehead atoms. The number of carbonyl (C=O) groups is 1. The molecule has 2 aromatic rings. The molecule has 0 radical (unpaired) electrons. The highest BCUT2D eigenvalue weighted by Gasteiger charge is 2.32. The van der Waals surface area contributed by atoms with E-state index in [1.54, 1.807) is 0 Å². The van der Waals surface area contributed by atoms with Gasteiger partial charge in [0, 0.05) is 17.1 Å². The number of alkyl halides is 3. The van der Waals surface area contributed by atoms with Gasteiger partial charge in [-0.25, -0.2) is 0 Å². The summed E-state index contributed by atoms with van der Waals surface area (Å²) < 4.78 is 36.8. The van der Waals surface area contributed by atoms with Crippen molar-refractivity contribution < 1.29 is 18.0 Å². The van der Waals surface area contributed by atoms with Crippen molar-refractivity contribution in [3.05, 3.63) is 29.7 Å². The van der Waals surface area contributed by atoms with Crippen molar-refractivity contribution in [3.8, 4) is 0 Å². The average molecular weight is 214 g/mol. The first-order valence-electron chi connectivity index (χ1n) is 4.02. The first-order chi connectivity index (χ1) is 7.00. The number of pyridine rings is 1. The number of aldehydes is 1. The quantitative estimate of drug-likeness (QED) is 0.741. The molecule has 0 aromatic carbocycles.